The van der Waals surface area contributed by atoms with Crippen LogP contribution in [-0.4, -0.2) is 69.8 Å². The molecule has 2 N–H and O–H groups in total. The molecule has 1 amide bonds. The maximum absolute atomic E-state index is 13.3. The highest BCUT2D eigenvalue weighted by Gasteiger charge is 2.29. The van der Waals surface area contributed by atoms with Gasteiger partial charge in [0.25, 0.3) is 0 Å². The van der Waals surface area contributed by atoms with E-state index in [1.165, 1.54) is 12.1 Å². The van der Waals surface area contributed by atoms with E-state index >= 15 is 0 Å². The summed E-state index contributed by atoms with van der Waals surface area (Å²) in [5.74, 6) is 0.0980. The van der Waals surface area contributed by atoms with Crippen molar-refractivity contribution in [2.75, 3.05) is 32.7 Å². The van der Waals surface area contributed by atoms with Crippen molar-refractivity contribution in [1.29, 1.82) is 0 Å². The van der Waals surface area contributed by atoms with Gasteiger partial charge in [-0.15, -0.1) is 0 Å². The van der Waals surface area contributed by atoms with Gasteiger partial charge in [0.05, 0.1) is 18.8 Å². The number of piperidine rings is 2. The molecule has 0 spiro atoms. The average Bonchev–Trinajstić information content (AvgIpc) is 3.20. The lowest BCUT2D eigenvalue weighted by Crippen LogP contribution is -2.47. The molecule has 1 aromatic carbocycles. The van der Waals surface area contributed by atoms with E-state index in [0.29, 0.717) is 13.1 Å². The maximum atomic E-state index is 13.3. The Morgan fingerprint density at radius 1 is 1.18 bits per heavy atom. The van der Waals surface area contributed by atoms with Crippen molar-refractivity contribution in [2.45, 2.75) is 37.7 Å². The zero-order valence-corrected chi connectivity index (χ0v) is 16.0. The number of hydrogen-bond donors (Lipinski definition) is 2. The van der Waals surface area contributed by atoms with Crippen molar-refractivity contribution in [2.24, 2.45) is 0 Å². The highest BCUT2D eigenvalue weighted by molar-refractivity contribution is 5.78. The summed E-state index contributed by atoms with van der Waals surface area (Å²) >= 11 is 0. The van der Waals surface area contributed by atoms with E-state index in [0.717, 1.165) is 62.1 Å². The van der Waals surface area contributed by atoms with E-state index in [1.807, 2.05) is 4.90 Å². The van der Waals surface area contributed by atoms with Gasteiger partial charge < -0.3 is 10.0 Å². The van der Waals surface area contributed by atoms with Gasteiger partial charge in [0.15, 0.2) is 0 Å². The molecule has 150 valence electrons. The van der Waals surface area contributed by atoms with Crippen LogP contribution in [-0.2, 0) is 4.79 Å². The molecule has 2 aromatic rings. The molecule has 2 fully saturated rings. The molecule has 0 radical (unpaired) electrons. The lowest BCUT2D eigenvalue weighted by molar-refractivity contribution is -0.134. The number of hydrogen-bond acceptors (Lipinski definition) is 4. The summed E-state index contributed by atoms with van der Waals surface area (Å²) in [6.45, 7) is 3.43. The number of aliphatic hydroxyl groups is 1. The number of carbonyl (C=O) groups is 1. The van der Waals surface area contributed by atoms with Gasteiger partial charge in [0, 0.05) is 43.4 Å². The van der Waals surface area contributed by atoms with E-state index in [9.17, 15) is 14.3 Å². The third-order valence-electron chi connectivity index (χ3n) is 5.92. The van der Waals surface area contributed by atoms with Gasteiger partial charge in [-0.3, -0.25) is 14.8 Å². The molecule has 1 aromatic heterocycles. The number of aromatic nitrogens is 2. The van der Waals surface area contributed by atoms with Crippen LogP contribution < -0.4 is 0 Å². The number of amides is 1. The van der Waals surface area contributed by atoms with Crippen LogP contribution in [0.2, 0.25) is 0 Å². The number of aliphatic hydroxyl groups excluding tert-OH is 1. The predicted octanol–water partition coefficient (Wildman–Crippen LogP) is 2.38. The Bertz CT molecular complexity index is 799. The quantitative estimate of drug-likeness (QED) is 0.846. The molecule has 3 heterocycles. The number of halogens is 1. The van der Waals surface area contributed by atoms with Crippen molar-refractivity contribution in [1.82, 2.24) is 20.0 Å². The number of benzene rings is 1. The molecule has 0 bridgehead atoms. The molecule has 1 atom stereocenters. The molecule has 2 aliphatic heterocycles. The van der Waals surface area contributed by atoms with Gasteiger partial charge in [0.1, 0.15) is 5.82 Å². The van der Waals surface area contributed by atoms with Gasteiger partial charge in [-0.05, 0) is 43.4 Å². The van der Waals surface area contributed by atoms with Crippen LogP contribution >= 0.6 is 0 Å². The largest absolute Gasteiger partial charge is 0.393 e. The highest BCUT2D eigenvalue weighted by Crippen LogP contribution is 2.33. The second-order valence-electron chi connectivity index (χ2n) is 7.89. The van der Waals surface area contributed by atoms with E-state index in [4.69, 9.17) is 0 Å². The molecule has 7 heteroatoms. The first-order valence-corrected chi connectivity index (χ1v) is 10.1. The van der Waals surface area contributed by atoms with Crippen molar-refractivity contribution >= 4 is 5.91 Å². The van der Waals surface area contributed by atoms with Crippen LogP contribution in [0, 0.1) is 5.82 Å². The molecule has 2 aliphatic rings. The van der Waals surface area contributed by atoms with E-state index in [1.54, 1.807) is 18.3 Å². The van der Waals surface area contributed by atoms with Crippen LogP contribution in [0.3, 0.4) is 0 Å². The van der Waals surface area contributed by atoms with Crippen LogP contribution in [0.4, 0.5) is 4.39 Å². The molecule has 28 heavy (non-hydrogen) atoms. The first kappa shape index (κ1) is 19.1. The normalized spacial score (nSPS) is 21.8. The van der Waals surface area contributed by atoms with Gasteiger partial charge in [-0.1, -0.05) is 12.1 Å². The minimum absolute atomic E-state index is 0.156. The summed E-state index contributed by atoms with van der Waals surface area (Å²) in [6, 6.07) is 6.44. The number of carbonyl (C=O) groups excluding carboxylic acids is 1. The van der Waals surface area contributed by atoms with Gasteiger partial charge in [-0.25, -0.2) is 4.39 Å². The molecule has 1 unspecified atom stereocenters. The Balaban J connectivity index is 1.42. The lowest BCUT2D eigenvalue weighted by Gasteiger charge is -2.35. The first-order chi connectivity index (χ1) is 13.6. The Morgan fingerprint density at radius 2 is 1.93 bits per heavy atom. The van der Waals surface area contributed by atoms with Crippen molar-refractivity contribution in [3.63, 3.8) is 0 Å². The first-order valence-electron chi connectivity index (χ1n) is 10.1. The average molecular weight is 386 g/mol. The zero-order chi connectivity index (χ0) is 19.5. The number of rotatable bonds is 4. The summed E-state index contributed by atoms with van der Waals surface area (Å²) in [5.41, 5.74) is 2.93. The SMILES string of the molecule is O=C(CN1CCC(O)CC1)N1CCCC(c2[nH]ncc2-c2ccc(F)cc2)C1. The number of nitrogens with one attached hydrogen (secondary N) is 1. The van der Waals surface area contributed by atoms with Crippen LogP contribution in [0.15, 0.2) is 30.5 Å². The summed E-state index contributed by atoms with van der Waals surface area (Å²) in [6.07, 6.45) is 4.99. The minimum atomic E-state index is -0.256. The van der Waals surface area contributed by atoms with Crippen molar-refractivity contribution in [3.05, 3.63) is 42.0 Å². The molecular formula is C21H27FN4O2. The minimum Gasteiger partial charge on any atom is -0.393 e. The molecule has 4 rings (SSSR count). The Labute approximate surface area is 164 Å². The van der Waals surface area contributed by atoms with Crippen molar-refractivity contribution in [3.8, 4) is 11.1 Å². The van der Waals surface area contributed by atoms with E-state index < -0.39 is 0 Å². The van der Waals surface area contributed by atoms with Gasteiger partial charge in [0.2, 0.25) is 5.91 Å². The van der Waals surface area contributed by atoms with Gasteiger partial charge >= 0.3 is 0 Å². The third kappa shape index (κ3) is 4.25. The fourth-order valence-electron chi connectivity index (χ4n) is 4.27. The predicted molar refractivity (Wildman–Crippen MR) is 104 cm³/mol. The van der Waals surface area contributed by atoms with Crippen molar-refractivity contribution < 1.29 is 14.3 Å². The fourth-order valence-corrected chi connectivity index (χ4v) is 4.27. The summed E-state index contributed by atoms with van der Waals surface area (Å²) in [7, 11) is 0. The zero-order valence-electron chi connectivity index (χ0n) is 16.0. The Morgan fingerprint density at radius 3 is 2.68 bits per heavy atom. The Kier molecular flexibility index (Phi) is 5.73. The number of H-pyrrole nitrogens is 1. The van der Waals surface area contributed by atoms with E-state index in [2.05, 4.69) is 15.1 Å². The fraction of sp³-hybridized carbons (Fsp3) is 0.524. The summed E-state index contributed by atoms with van der Waals surface area (Å²) in [4.78, 5) is 16.9. The smallest absolute Gasteiger partial charge is 0.236 e. The second kappa shape index (κ2) is 8.41. The second-order valence-corrected chi connectivity index (χ2v) is 7.89. The maximum Gasteiger partial charge on any atom is 0.236 e. The van der Waals surface area contributed by atoms with Crippen LogP contribution in [0.1, 0.15) is 37.3 Å². The number of likely N-dealkylation sites (tertiary alicyclic amines) is 2. The van der Waals surface area contributed by atoms with Gasteiger partial charge in [-0.2, -0.15) is 5.10 Å². The molecule has 6 nitrogen and oxygen atoms in total. The molecular weight excluding hydrogens is 359 g/mol. The number of aromatic amines is 1. The standard InChI is InChI=1S/C21H27FN4O2/c22-17-5-3-15(4-6-17)19-12-23-24-21(19)16-2-1-9-26(13-16)20(28)14-25-10-7-18(27)8-11-25/h3-6,12,16,18,27H,1-2,7-11,13-14H2,(H,23,24). The van der Waals surface area contributed by atoms with Crippen LogP contribution in [0.25, 0.3) is 11.1 Å². The summed E-state index contributed by atoms with van der Waals surface area (Å²) in [5, 5.41) is 17.0. The Hall–Kier alpha value is -2.25. The lowest BCUT2D eigenvalue weighted by atomic mass is 9.90. The molecule has 0 saturated carbocycles. The summed E-state index contributed by atoms with van der Waals surface area (Å²) < 4.78 is 13.3. The topological polar surface area (TPSA) is 72.5 Å². The molecule has 2 saturated heterocycles. The van der Waals surface area contributed by atoms with Crippen LogP contribution in [0.5, 0.6) is 0 Å². The highest BCUT2D eigenvalue weighted by atomic mass is 19.1. The molecule has 0 aliphatic carbocycles. The monoisotopic (exact) mass is 386 g/mol. The number of nitrogens with zero attached hydrogens (tertiary/aromatic N) is 3. The third-order valence-corrected chi connectivity index (χ3v) is 5.92. The van der Waals surface area contributed by atoms with E-state index in [-0.39, 0.29) is 23.7 Å².